The Labute approximate surface area is 163 Å². The number of para-hydroxylation sites is 1. The average Bonchev–Trinajstić information content (AvgIpc) is 3.33. The molecule has 9 heteroatoms. The Morgan fingerprint density at radius 3 is 2.78 bits per heavy atom. The van der Waals surface area contributed by atoms with Crippen molar-refractivity contribution in [3.8, 4) is 17.1 Å². The van der Waals surface area contributed by atoms with Crippen LogP contribution in [-0.4, -0.2) is 38.9 Å². The molecule has 4 rings (SSSR count). The molecular formula is C18H15N5O2S2. The van der Waals surface area contributed by atoms with Gasteiger partial charge in [-0.25, -0.2) is 9.97 Å². The molecule has 0 aliphatic rings. The Kier molecular flexibility index (Phi) is 5.03. The predicted molar refractivity (Wildman–Crippen MR) is 107 cm³/mol. The number of thiazole rings is 1. The first-order valence-electron chi connectivity index (χ1n) is 8.06. The number of fused-ring (bicyclic) bond motifs is 1. The summed E-state index contributed by atoms with van der Waals surface area (Å²) in [6.45, 7) is 0. The van der Waals surface area contributed by atoms with Crippen LogP contribution in [0.3, 0.4) is 0 Å². The van der Waals surface area contributed by atoms with Gasteiger partial charge >= 0.3 is 0 Å². The number of aromatic amines is 1. The number of H-pyrrole nitrogens is 1. The van der Waals surface area contributed by atoms with Crippen LogP contribution in [0.4, 0.5) is 5.13 Å². The number of hydrogen-bond acceptors (Lipinski definition) is 7. The summed E-state index contributed by atoms with van der Waals surface area (Å²) in [6, 6.07) is 15.3. The van der Waals surface area contributed by atoms with Gasteiger partial charge in [0.1, 0.15) is 5.75 Å². The minimum Gasteiger partial charge on any atom is -0.497 e. The molecule has 2 aromatic carbocycles. The van der Waals surface area contributed by atoms with Gasteiger partial charge in [-0.2, -0.15) is 0 Å². The van der Waals surface area contributed by atoms with Crippen LogP contribution in [0.25, 0.3) is 21.6 Å². The molecule has 7 nitrogen and oxygen atoms in total. The average molecular weight is 397 g/mol. The maximum Gasteiger partial charge on any atom is 0.236 e. The van der Waals surface area contributed by atoms with Crippen molar-refractivity contribution in [2.75, 3.05) is 18.2 Å². The second-order valence-electron chi connectivity index (χ2n) is 5.52. The highest BCUT2D eigenvalue weighted by molar-refractivity contribution is 7.99. The quantitative estimate of drug-likeness (QED) is 0.481. The smallest absolute Gasteiger partial charge is 0.236 e. The maximum absolute atomic E-state index is 12.2. The number of carbonyl (C=O) groups is 1. The standard InChI is InChI=1S/C18H15N5O2S2/c1-25-12-8-6-11(7-9-12)16-21-18(23-22-16)26-10-15(24)20-17-19-13-4-2-3-5-14(13)27-17/h2-9H,10H2,1H3,(H,19,20,24)(H,21,22,23). The van der Waals surface area contributed by atoms with E-state index >= 15 is 0 Å². The Bertz CT molecular complexity index is 1040. The first kappa shape index (κ1) is 17.5. The highest BCUT2D eigenvalue weighted by Gasteiger charge is 2.11. The van der Waals surface area contributed by atoms with Crippen molar-refractivity contribution in [3.63, 3.8) is 0 Å². The third kappa shape index (κ3) is 4.09. The number of rotatable bonds is 6. The first-order valence-corrected chi connectivity index (χ1v) is 9.86. The molecule has 1 amide bonds. The Hall–Kier alpha value is -2.91. The largest absolute Gasteiger partial charge is 0.497 e. The third-order valence-electron chi connectivity index (χ3n) is 3.70. The summed E-state index contributed by atoms with van der Waals surface area (Å²) in [5, 5.41) is 11.0. The molecule has 0 aliphatic heterocycles. The third-order valence-corrected chi connectivity index (χ3v) is 5.50. The van der Waals surface area contributed by atoms with Gasteiger partial charge in [-0.15, -0.1) is 5.10 Å². The van der Waals surface area contributed by atoms with E-state index in [0.717, 1.165) is 21.5 Å². The number of nitrogens with one attached hydrogen (secondary N) is 2. The molecular weight excluding hydrogens is 382 g/mol. The molecule has 136 valence electrons. The molecule has 2 aromatic heterocycles. The van der Waals surface area contributed by atoms with Gasteiger partial charge in [0.15, 0.2) is 11.0 Å². The molecule has 27 heavy (non-hydrogen) atoms. The molecule has 0 spiro atoms. The number of hydrogen-bond donors (Lipinski definition) is 2. The molecule has 0 saturated carbocycles. The van der Waals surface area contributed by atoms with Crippen molar-refractivity contribution in [2.24, 2.45) is 0 Å². The number of nitrogens with zero attached hydrogens (tertiary/aromatic N) is 3. The summed E-state index contributed by atoms with van der Waals surface area (Å²) in [7, 11) is 1.62. The summed E-state index contributed by atoms with van der Waals surface area (Å²) >= 11 is 2.72. The fourth-order valence-electron chi connectivity index (χ4n) is 2.40. The normalized spacial score (nSPS) is 10.9. The van der Waals surface area contributed by atoms with Gasteiger partial charge in [-0.3, -0.25) is 9.89 Å². The summed E-state index contributed by atoms with van der Waals surface area (Å²) in [5.41, 5.74) is 1.78. The van der Waals surface area contributed by atoms with E-state index in [4.69, 9.17) is 4.74 Å². The van der Waals surface area contributed by atoms with Crippen molar-refractivity contribution in [2.45, 2.75) is 5.16 Å². The zero-order valence-corrected chi connectivity index (χ0v) is 15.9. The molecule has 2 heterocycles. The molecule has 0 radical (unpaired) electrons. The molecule has 0 bridgehead atoms. The van der Waals surface area contributed by atoms with Crippen LogP contribution in [0, 0.1) is 0 Å². The SMILES string of the molecule is COc1ccc(-c2nc(SCC(=O)Nc3nc4ccccc4s3)n[nH]2)cc1. The Morgan fingerprint density at radius 2 is 2.00 bits per heavy atom. The topological polar surface area (TPSA) is 92.8 Å². The highest BCUT2D eigenvalue weighted by Crippen LogP contribution is 2.26. The summed E-state index contributed by atoms with van der Waals surface area (Å²) in [4.78, 5) is 21.0. The Morgan fingerprint density at radius 1 is 1.19 bits per heavy atom. The molecule has 0 unspecified atom stereocenters. The van der Waals surface area contributed by atoms with Crippen molar-refractivity contribution >= 4 is 44.4 Å². The summed E-state index contributed by atoms with van der Waals surface area (Å²) in [5.74, 6) is 1.48. The molecule has 0 saturated heterocycles. The monoisotopic (exact) mass is 397 g/mol. The second-order valence-corrected chi connectivity index (χ2v) is 7.49. The lowest BCUT2D eigenvalue weighted by Crippen LogP contribution is -2.13. The number of carbonyl (C=O) groups excluding carboxylic acids is 1. The van der Waals surface area contributed by atoms with Crippen molar-refractivity contribution in [1.82, 2.24) is 20.2 Å². The van der Waals surface area contributed by atoms with Crippen LogP contribution in [0.1, 0.15) is 0 Å². The summed E-state index contributed by atoms with van der Waals surface area (Å²) < 4.78 is 6.18. The lowest BCUT2D eigenvalue weighted by molar-refractivity contribution is -0.113. The lowest BCUT2D eigenvalue weighted by atomic mass is 10.2. The number of methoxy groups -OCH3 is 1. The van der Waals surface area contributed by atoms with Gasteiger partial charge in [0, 0.05) is 5.56 Å². The van der Waals surface area contributed by atoms with E-state index in [1.54, 1.807) is 7.11 Å². The van der Waals surface area contributed by atoms with E-state index in [-0.39, 0.29) is 11.7 Å². The maximum atomic E-state index is 12.2. The van der Waals surface area contributed by atoms with E-state index < -0.39 is 0 Å². The molecule has 2 N–H and O–H groups in total. The van der Waals surface area contributed by atoms with Gasteiger partial charge in [0.25, 0.3) is 0 Å². The molecule has 0 aliphatic carbocycles. The van der Waals surface area contributed by atoms with Crippen LogP contribution in [0.2, 0.25) is 0 Å². The number of aromatic nitrogens is 4. The van der Waals surface area contributed by atoms with Crippen LogP contribution in [0.5, 0.6) is 5.75 Å². The number of thioether (sulfide) groups is 1. The first-order chi connectivity index (χ1) is 13.2. The molecule has 0 fully saturated rings. The second kappa shape index (κ2) is 7.77. The van der Waals surface area contributed by atoms with Gasteiger partial charge < -0.3 is 10.1 Å². The van der Waals surface area contributed by atoms with E-state index in [0.29, 0.717) is 16.1 Å². The Balaban J connectivity index is 1.35. The number of anilines is 1. The van der Waals surface area contributed by atoms with Crippen LogP contribution in [0.15, 0.2) is 53.7 Å². The predicted octanol–water partition coefficient (Wildman–Crippen LogP) is 3.82. The zero-order valence-electron chi connectivity index (χ0n) is 14.3. The van der Waals surface area contributed by atoms with Gasteiger partial charge in [0.2, 0.25) is 11.1 Å². The van der Waals surface area contributed by atoms with Crippen LogP contribution < -0.4 is 10.1 Å². The number of ether oxygens (including phenoxy) is 1. The number of amides is 1. The van der Waals surface area contributed by atoms with Gasteiger partial charge in [-0.1, -0.05) is 35.2 Å². The fraction of sp³-hybridized carbons (Fsp3) is 0.111. The van der Waals surface area contributed by atoms with Gasteiger partial charge in [0.05, 0.1) is 23.1 Å². The van der Waals surface area contributed by atoms with E-state index in [9.17, 15) is 4.79 Å². The fourth-order valence-corrected chi connectivity index (χ4v) is 3.88. The van der Waals surface area contributed by atoms with E-state index in [2.05, 4.69) is 25.5 Å². The minimum absolute atomic E-state index is 0.144. The lowest BCUT2D eigenvalue weighted by Gasteiger charge is -2.00. The van der Waals surface area contributed by atoms with E-state index in [1.165, 1.54) is 23.1 Å². The summed E-state index contributed by atoms with van der Waals surface area (Å²) in [6.07, 6.45) is 0. The molecule has 0 atom stereocenters. The highest BCUT2D eigenvalue weighted by atomic mass is 32.2. The van der Waals surface area contributed by atoms with Crippen molar-refractivity contribution in [3.05, 3.63) is 48.5 Å². The van der Waals surface area contributed by atoms with E-state index in [1.807, 2.05) is 48.5 Å². The van der Waals surface area contributed by atoms with Gasteiger partial charge in [-0.05, 0) is 36.4 Å². The van der Waals surface area contributed by atoms with Crippen molar-refractivity contribution < 1.29 is 9.53 Å². The zero-order chi connectivity index (χ0) is 18.6. The minimum atomic E-state index is -0.144. The number of benzene rings is 2. The molecule has 4 aromatic rings. The van der Waals surface area contributed by atoms with Crippen LogP contribution >= 0.6 is 23.1 Å². The van der Waals surface area contributed by atoms with Crippen LogP contribution in [-0.2, 0) is 4.79 Å². The van der Waals surface area contributed by atoms with Crippen molar-refractivity contribution in [1.29, 1.82) is 0 Å².